The summed E-state index contributed by atoms with van der Waals surface area (Å²) in [5, 5.41) is 12.5. The van der Waals surface area contributed by atoms with Gasteiger partial charge in [0.1, 0.15) is 18.3 Å². The van der Waals surface area contributed by atoms with Crippen molar-refractivity contribution in [2.45, 2.75) is 116 Å². The first-order valence-corrected chi connectivity index (χ1v) is 16.4. The van der Waals surface area contributed by atoms with Crippen LogP contribution >= 0.6 is 0 Å². The summed E-state index contributed by atoms with van der Waals surface area (Å²) in [6, 6.07) is 7.67. The maximum atomic E-state index is 14.1. The fourth-order valence-corrected chi connectivity index (χ4v) is 7.73. The highest BCUT2D eigenvalue weighted by Gasteiger charge is 2.75. The van der Waals surface area contributed by atoms with Gasteiger partial charge in [0.2, 0.25) is 5.79 Å². The summed E-state index contributed by atoms with van der Waals surface area (Å²) < 4.78 is 41.4. The quantitative estimate of drug-likeness (QED) is 0.245. The van der Waals surface area contributed by atoms with Crippen LogP contribution in [0, 0.1) is 17.3 Å². The highest BCUT2D eigenvalue weighted by molar-refractivity contribution is 5.90. The van der Waals surface area contributed by atoms with Crippen LogP contribution in [0.4, 0.5) is 0 Å². The smallest absolute Gasteiger partial charge is 0.338 e. The summed E-state index contributed by atoms with van der Waals surface area (Å²) in [7, 11) is 0. The van der Waals surface area contributed by atoms with Crippen LogP contribution in [0.2, 0.25) is 0 Å². The van der Waals surface area contributed by atoms with E-state index in [4.69, 9.17) is 33.2 Å². The standard InChI is InChI=1S/C36H44O15/c1-17-15-35(50-23(7)41)26(27(17)45-19(3)37)28(46-20(4)38)18(2)29(47-21(5)39)30(49-33(43)24-13-11-10-12-14-24)32(48-22(6)40)34(8,9)31-25(42)16-36(35,44)51-31/h10-14,17,26-32,44H,2,15-16H2,1,3-9H3/t17-,26-,27+,28+,29?,30-,31-,32-,35+,36-/m1/s1. The molecule has 1 saturated carbocycles. The second kappa shape index (κ2) is 14.5. The van der Waals surface area contributed by atoms with E-state index in [1.807, 2.05) is 0 Å². The molecule has 51 heavy (non-hydrogen) atoms. The number of benzene rings is 1. The number of carbonyl (C=O) groups excluding carboxylic acids is 7. The second-order valence-electron chi connectivity index (χ2n) is 13.9. The second-order valence-corrected chi connectivity index (χ2v) is 13.9. The van der Waals surface area contributed by atoms with Crippen molar-refractivity contribution in [3.8, 4) is 0 Å². The fourth-order valence-electron chi connectivity index (χ4n) is 7.73. The Morgan fingerprint density at radius 3 is 1.86 bits per heavy atom. The third kappa shape index (κ3) is 7.54. The van der Waals surface area contributed by atoms with E-state index >= 15 is 0 Å². The first-order chi connectivity index (χ1) is 23.6. The van der Waals surface area contributed by atoms with E-state index in [9.17, 15) is 38.7 Å². The van der Waals surface area contributed by atoms with E-state index in [2.05, 4.69) is 6.58 Å². The van der Waals surface area contributed by atoms with Gasteiger partial charge in [-0.15, -0.1) is 0 Å². The Balaban J connectivity index is 2.13. The summed E-state index contributed by atoms with van der Waals surface area (Å²) in [5.41, 5.74) is -4.23. The summed E-state index contributed by atoms with van der Waals surface area (Å²) in [4.78, 5) is 91.8. The molecule has 1 aromatic rings. The summed E-state index contributed by atoms with van der Waals surface area (Å²) in [6.07, 6.45) is -11.1. The van der Waals surface area contributed by atoms with E-state index in [0.29, 0.717) is 0 Å². The first-order valence-electron chi connectivity index (χ1n) is 16.4. The topological polar surface area (TPSA) is 204 Å². The minimum absolute atomic E-state index is 0.0471. The average molecular weight is 717 g/mol. The van der Waals surface area contributed by atoms with Crippen LogP contribution in [0.15, 0.2) is 42.5 Å². The van der Waals surface area contributed by atoms with Gasteiger partial charge in [0.05, 0.1) is 17.9 Å². The molecule has 15 nitrogen and oxygen atoms in total. The Morgan fingerprint density at radius 1 is 0.784 bits per heavy atom. The molecule has 0 spiro atoms. The molecule has 2 saturated heterocycles. The summed E-state index contributed by atoms with van der Waals surface area (Å²) in [6.45, 7) is 14.0. The molecule has 2 aliphatic heterocycles. The SMILES string of the molecule is C=C1C(OC(C)=O)[C@@H](OC(=O)c2ccccc2)[C@@H](OC(C)=O)C(C)(C)[C@@H]2O[C@](O)(CC2=O)[C@]2(OC(C)=O)C[C@@H](C)[C@H](OC(C)=O)[C@@H]2[C@H]1OC(C)=O. The molecule has 1 N–H and O–H groups in total. The van der Waals surface area contributed by atoms with Crippen LogP contribution < -0.4 is 0 Å². The van der Waals surface area contributed by atoms with Crippen LogP contribution in [0.3, 0.4) is 0 Å². The van der Waals surface area contributed by atoms with Crippen molar-refractivity contribution < 1.29 is 71.8 Å². The Kier molecular flexibility index (Phi) is 11.2. The largest absolute Gasteiger partial charge is 0.462 e. The molecule has 2 bridgehead atoms. The van der Waals surface area contributed by atoms with Gasteiger partial charge in [-0.1, -0.05) is 45.5 Å². The van der Waals surface area contributed by atoms with Gasteiger partial charge in [-0.25, -0.2) is 4.79 Å². The molecule has 3 fully saturated rings. The molecule has 15 heteroatoms. The van der Waals surface area contributed by atoms with E-state index < -0.39 is 113 Å². The molecule has 1 aromatic carbocycles. The van der Waals surface area contributed by atoms with Crippen LogP contribution in [0.5, 0.6) is 0 Å². The zero-order chi connectivity index (χ0) is 38.2. The third-order valence-corrected chi connectivity index (χ3v) is 9.58. The number of hydrogen-bond donors (Lipinski definition) is 1. The number of rotatable bonds is 7. The molecule has 3 aliphatic rings. The van der Waals surface area contributed by atoms with Gasteiger partial charge in [0.15, 0.2) is 29.7 Å². The maximum Gasteiger partial charge on any atom is 0.338 e. The van der Waals surface area contributed by atoms with Gasteiger partial charge >= 0.3 is 35.8 Å². The Bertz CT molecular complexity index is 1600. The predicted molar refractivity (Wildman–Crippen MR) is 172 cm³/mol. The number of ketones is 1. The monoisotopic (exact) mass is 716 g/mol. The van der Waals surface area contributed by atoms with Crippen molar-refractivity contribution in [2.75, 3.05) is 0 Å². The number of Topliss-reactive ketones (excluding diaryl/α,β-unsaturated/α-hetero) is 1. The van der Waals surface area contributed by atoms with Gasteiger partial charge in [-0.3, -0.25) is 28.8 Å². The van der Waals surface area contributed by atoms with Crippen LogP contribution in [0.25, 0.3) is 0 Å². The molecule has 2 heterocycles. The van der Waals surface area contributed by atoms with Gasteiger partial charge in [0, 0.05) is 45.6 Å². The summed E-state index contributed by atoms with van der Waals surface area (Å²) >= 11 is 0. The lowest BCUT2D eigenvalue weighted by molar-refractivity contribution is -0.322. The van der Waals surface area contributed by atoms with Crippen molar-refractivity contribution in [1.82, 2.24) is 0 Å². The molecule has 1 unspecified atom stereocenters. The molecule has 0 amide bonds. The van der Waals surface area contributed by atoms with Crippen LogP contribution in [0.1, 0.15) is 78.6 Å². The lowest BCUT2D eigenvalue weighted by atomic mass is 9.71. The highest BCUT2D eigenvalue weighted by Crippen LogP contribution is 2.58. The van der Waals surface area contributed by atoms with Crippen LogP contribution in [-0.4, -0.2) is 94.7 Å². The predicted octanol–water partition coefficient (Wildman–Crippen LogP) is 2.54. The molecule has 4 rings (SSSR count). The van der Waals surface area contributed by atoms with E-state index in [1.165, 1.54) is 26.0 Å². The molecular formula is C36H44O15. The van der Waals surface area contributed by atoms with E-state index in [0.717, 1.165) is 34.6 Å². The molecule has 0 aromatic heterocycles. The van der Waals surface area contributed by atoms with Gasteiger partial charge in [0.25, 0.3) is 0 Å². The zero-order valence-electron chi connectivity index (χ0n) is 29.8. The summed E-state index contributed by atoms with van der Waals surface area (Å²) in [5.74, 6) is -11.2. The van der Waals surface area contributed by atoms with Gasteiger partial charge in [-0.05, 0) is 24.5 Å². The number of esters is 6. The minimum Gasteiger partial charge on any atom is -0.462 e. The Labute approximate surface area is 294 Å². The number of aliphatic hydroxyl groups is 1. The van der Waals surface area contributed by atoms with Crippen molar-refractivity contribution in [3.63, 3.8) is 0 Å². The van der Waals surface area contributed by atoms with Crippen molar-refractivity contribution in [2.24, 2.45) is 17.3 Å². The normalized spacial score (nSPS) is 34.2. The molecular weight excluding hydrogens is 672 g/mol. The Morgan fingerprint density at radius 2 is 1.33 bits per heavy atom. The van der Waals surface area contributed by atoms with Gasteiger partial charge < -0.3 is 38.3 Å². The third-order valence-electron chi connectivity index (χ3n) is 9.58. The van der Waals surface area contributed by atoms with Crippen molar-refractivity contribution >= 4 is 41.6 Å². The van der Waals surface area contributed by atoms with E-state index in [1.54, 1.807) is 25.1 Å². The lowest BCUT2D eigenvalue weighted by Crippen LogP contribution is -2.64. The molecule has 1 aliphatic carbocycles. The first kappa shape index (κ1) is 39.2. The number of carbonyl (C=O) groups is 7. The number of ether oxygens (including phenoxy) is 7. The zero-order valence-corrected chi connectivity index (χ0v) is 29.8. The van der Waals surface area contributed by atoms with Crippen LogP contribution in [-0.2, 0) is 61.9 Å². The fraction of sp³-hybridized carbons (Fsp3) is 0.583. The Hall–Kier alpha value is -4.63. The molecule has 10 atom stereocenters. The lowest BCUT2D eigenvalue weighted by Gasteiger charge is -2.47. The highest BCUT2D eigenvalue weighted by atomic mass is 16.7. The van der Waals surface area contributed by atoms with Crippen molar-refractivity contribution in [3.05, 3.63) is 48.0 Å². The maximum absolute atomic E-state index is 14.1. The minimum atomic E-state index is -2.66. The van der Waals surface area contributed by atoms with Crippen molar-refractivity contribution in [1.29, 1.82) is 0 Å². The number of hydrogen-bond acceptors (Lipinski definition) is 15. The molecule has 0 radical (unpaired) electrons. The van der Waals surface area contributed by atoms with E-state index in [-0.39, 0.29) is 17.6 Å². The van der Waals surface area contributed by atoms with Gasteiger partial charge in [-0.2, -0.15) is 0 Å². The molecule has 278 valence electrons. The average Bonchev–Trinajstić information content (AvgIpc) is 3.48. The number of fused-ring (bicyclic) bond motifs is 4.